The lowest BCUT2D eigenvalue weighted by Gasteiger charge is -2.22. The van der Waals surface area contributed by atoms with Crippen molar-refractivity contribution in [2.75, 3.05) is 11.4 Å². The van der Waals surface area contributed by atoms with Gasteiger partial charge in [-0.3, -0.25) is 0 Å². The second-order valence-corrected chi connectivity index (χ2v) is 3.86. The largest absolute Gasteiger partial charge is 0.337 e. The molecule has 1 heteroatoms. The Morgan fingerprint density at radius 2 is 1.93 bits per heavy atom. The first-order valence-corrected chi connectivity index (χ1v) is 5.34. The minimum absolute atomic E-state index is 1.01. The highest BCUT2D eigenvalue weighted by Crippen LogP contribution is 2.32. The van der Waals surface area contributed by atoms with Gasteiger partial charge in [0, 0.05) is 17.9 Å². The lowest BCUT2D eigenvalue weighted by atomic mass is 10.1. The van der Waals surface area contributed by atoms with Crippen LogP contribution in [0.1, 0.15) is 6.42 Å². The maximum atomic E-state index is 2.36. The van der Waals surface area contributed by atoms with Crippen molar-refractivity contribution >= 4 is 5.69 Å². The zero-order valence-electron chi connectivity index (χ0n) is 8.56. The first-order chi connectivity index (χ1) is 7.45. The summed E-state index contributed by atoms with van der Waals surface area (Å²) in [5.74, 6) is 0. The lowest BCUT2D eigenvalue weighted by Crippen LogP contribution is -2.18. The molecule has 0 unspecified atom stereocenters. The van der Waals surface area contributed by atoms with Gasteiger partial charge in [-0.15, -0.1) is 0 Å². The number of rotatable bonds is 1. The molecule has 74 valence electrons. The Labute approximate surface area is 90.0 Å². The van der Waals surface area contributed by atoms with E-state index in [0.717, 1.165) is 13.0 Å². The van der Waals surface area contributed by atoms with E-state index in [0.29, 0.717) is 0 Å². The van der Waals surface area contributed by atoms with Gasteiger partial charge in [-0.25, -0.2) is 0 Å². The molecule has 1 nitrogen and oxygen atoms in total. The van der Waals surface area contributed by atoms with E-state index in [1.165, 1.54) is 17.0 Å². The van der Waals surface area contributed by atoms with Crippen molar-refractivity contribution in [3.05, 3.63) is 65.9 Å². The van der Waals surface area contributed by atoms with Crippen LogP contribution in [-0.4, -0.2) is 6.54 Å². The maximum Gasteiger partial charge on any atom is 0.0446 e. The fraction of sp³-hybridized carbons (Fsp3) is 0.143. The number of hydrogen-bond donors (Lipinski definition) is 0. The third-order valence-electron chi connectivity index (χ3n) is 2.94. The summed E-state index contributed by atoms with van der Waals surface area (Å²) in [7, 11) is 0. The molecule has 15 heavy (non-hydrogen) atoms. The van der Waals surface area contributed by atoms with Crippen molar-refractivity contribution in [1.82, 2.24) is 0 Å². The number of anilines is 1. The van der Waals surface area contributed by atoms with Gasteiger partial charge in [0.1, 0.15) is 0 Å². The van der Waals surface area contributed by atoms with Gasteiger partial charge in [-0.2, -0.15) is 0 Å². The Bertz CT molecular complexity index is 451. The molecular weight excluding hydrogens is 182 g/mol. The SMILES string of the molecule is C1=CCC2=CCN(c3ccccc3)C2=C1. The molecule has 0 spiro atoms. The minimum Gasteiger partial charge on any atom is -0.337 e. The molecule has 0 saturated carbocycles. The molecule has 0 N–H and O–H groups in total. The van der Waals surface area contributed by atoms with E-state index in [2.05, 4.69) is 59.5 Å². The number of benzene rings is 1. The summed E-state index contributed by atoms with van der Waals surface area (Å²) in [5, 5.41) is 0. The van der Waals surface area contributed by atoms with Crippen molar-refractivity contribution in [3.8, 4) is 0 Å². The highest BCUT2D eigenvalue weighted by Gasteiger charge is 2.20. The molecule has 1 aliphatic carbocycles. The first kappa shape index (κ1) is 8.54. The number of allylic oxidation sites excluding steroid dienone is 4. The molecule has 0 amide bonds. The van der Waals surface area contributed by atoms with Crippen LogP contribution < -0.4 is 4.90 Å². The molecule has 2 aliphatic rings. The standard InChI is InChI=1S/C14H13N/c1-2-7-13(8-3-1)15-11-10-12-6-4-5-9-14(12)15/h1-5,7-10H,6,11H2. The Hall–Kier alpha value is -1.76. The van der Waals surface area contributed by atoms with E-state index in [-0.39, 0.29) is 0 Å². The molecule has 0 bridgehead atoms. The second-order valence-electron chi connectivity index (χ2n) is 3.86. The average Bonchev–Trinajstić information content (AvgIpc) is 2.74. The van der Waals surface area contributed by atoms with Crippen LogP contribution in [-0.2, 0) is 0 Å². The summed E-state index contributed by atoms with van der Waals surface area (Å²) < 4.78 is 0. The number of hydrogen-bond acceptors (Lipinski definition) is 1. The van der Waals surface area contributed by atoms with Crippen molar-refractivity contribution in [1.29, 1.82) is 0 Å². The van der Waals surface area contributed by atoms with Crippen LogP contribution in [0.15, 0.2) is 65.9 Å². The monoisotopic (exact) mass is 195 g/mol. The number of fused-ring (bicyclic) bond motifs is 1. The summed E-state index contributed by atoms with van der Waals surface area (Å²) in [4.78, 5) is 2.36. The van der Waals surface area contributed by atoms with E-state index in [4.69, 9.17) is 0 Å². The van der Waals surface area contributed by atoms with Crippen molar-refractivity contribution < 1.29 is 0 Å². The molecule has 0 saturated heterocycles. The van der Waals surface area contributed by atoms with E-state index in [1.807, 2.05) is 0 Å². The highest BCUT2D eigenvalue weighted by molar-refractivity contribution is 5.63. The van der Waals surface area contributed by atoms with Crippen LogP contribution in [0.2, 0.25) is 0 Å². The van der Waals surface area contributed by atoms with Crippen LogP contribution >= 0.6 is 0 Å². The Morgan fingerprint density at radius 1 is 1.07 bits per heavy atom. The number of para-hydroxylation sites is 1. The molecule has 1 aromatic rings. The summed E-state index contributed by atoms with van der Waals surface area (Å²) in [6.07, 6.45) is 9.96. The van der Waals surface area contributed by atoms with Crippen molar-refractivity contribution in [2.45, 2.75) is 6.42 Å². The molecule has 3 rings (SSSR count). The van der Waals surface area contributed by atoms with Crippen LogP contribution in [0.25, 0.3) is 0 Å². The zero-order valence-corrected chi connectivity index (χ0v) is 8.56. The molecule has 1 aromatic carbocycles. The molecule has 0 fully saturated rings. The van der Waals surface area contributed by atoms with Crippen molar-refractivity contribution in [3.63, 3.8) is 0 Å². The zero-order chi connectivity index (χ0) is 10.1. The van der Waals surface area contributed by atoms with E-state index in [9.17, 15) is 0 Å². The Balaban J connectivity index is 1.98. The maximum absolute atomic E-state index is 2.36. The normalized spacial score (nSPS) is 18.5. The van der Waals surface area contributed by atoms with Crippen LogP contribution in [0.4, 0.5) is 5.69 Å². The van der Waals surface area contributed by atoms with Crippen molar-refractivity contribution in [2.24, 2.45) is 0 Å². The van der Waals surface area contributed by atoms with Gasteiger partial charge in [-0.05, 0) is 30.2 Å². The quantitative estimate of drug-likeness (QED) is 0.664. The topological polar surface area (TPSA) is 3.24 Å². The van der Waals surface area contributed by atoms with Gasteiger partial charge in [0.05, 0.1) is 0 Å². The summed E-state index contributed by atoms with van der Waals surface area (Å²) in [6, 6.07) is 10.6. The lowest BCUT2D eigenvalue weighted by molar-refractivity contribution is 1.06. The van der Waals surface area contributed by atoms with Gasteiger partial charge in [0.25, 0.3) is 0 Å². The molecule has 0 aromatic heterocycles. The van der Waals surface area contributed by atoms with Gasteiger partial charge in [0.15, 0.2) is 0 Å². The predicted molar refractivity (Wildman–Crippen MR) is 63.7 cm³/mol. The third kappa shape index (κ3) is 1.40. The Morgan fingerprint density at radius 3 is 2.80 bits per heavy atom. The second kappa shape index (κ2) is 3.43. The van der Waals surface area contributed by atoms with Gasteiger partial charge >= 0.3 is 0 Å². The summed E-state index contributed by atoms with van der Waals surface area (Å²) in [5.41, 5.74) is 4.11. The molecular formula is C14H13N. The average molecular weight is 195 g/mol. The smallest absolute Gasteiger partial charge is 0.0446 e. The highest BCUT2D eigenvalue weighted by atomic mass is 15.2. The summed E-state index contributed by atoms with van der Waals surface area (Å²) in [6.45, 7) is 1.01. The van der Waals surface area contributed by atoms with E-state index < -0.39 is 0 Å². The van der Waals surface area contributed by atoms with Crippen LogP contribution in [0.5, 0.6) is 0 Å². The predicted octanol–water partition coefficient (Wildman–Crippen LogP) is 3.28. The molecule has 0 radical (unpaired) electrons. The van der Waals surface area contributed by atoms with Crippen LogP contribution in [0.3, 0.4) is 0 Å². The van der Waals surface area contributed by atoms with Gasteiger partial charge in [0.2, 0.25) is 0 Å². The molecule has 0 atom stereocenters. The molecule has 1 aliphatic heterocycles. The first-order valence-electron chi connectivity index (χ1n) is 5.34. The molecule has 1 heterocycles. The van der Waals surface area contributed by atoms with E-state index >= 15 is 0 Å². The number of nitrogens with zero attached hydrogens (tertiary/aromatic N) is 1. The van der Waals surface area contributed by atoms with Crippen LogP contribution in [0, 0.1) is 0 Å². The fourth-order valence-electron chi connectivity index (χ4n) is 2.17. The van der Waals surface area contributed by atoms with Gasteiger partial charge < -0.3 is 4.90 Å². The minimum atomic E-state index is 1.01. The van der Waals surface area contributed by atoms with E-state index in [1.54, 1.807) is 0 Å². The van der Waals surface area contributed by atoms with Gasteiger partial charge in [-0.1, -0.05) is 36.4 Å². The Kier molecular flexibility index (Phi) is 1.95. The summed E-state index contributed by atoms with van der Waals surface area (Å²) >= 11 is 0. The fourth-order valence-corrected chi connectivity index (χ4v) is 2.17. The third-order valence-corrected chi connectivity index (χ3v) is 2.94.